The molecule has 0 saturated heterocycles. The lowest BCUT2D eigenvalue weighted by molar-refractivity contribution is 0.119. The van der Waals surface area contributed by atoms with Crippen LogP contribution in [0.2, 0.25) is 5.82 Å². The topological polar surface area (TPSA) is 38.7 Å². The lowest BCUT2D eigenvalue weighted by Crippen LogP contribution is -2.32. The van der Waals surface area contributed by atoms with Crippen molar-refractivity contribution in [3.8, 4) is 5.75 Å². The van der Waals surface area contributed by atoms with Crippen LogP contribution in [0, 0.1) is 11.3 Å². The van der Waals surface area contributed by atoms with Crippen molar-refractivity contribution >= 4 is 12.7 Å². The van der Waals surface area contributed by atoms with Crippen molar-refractivity contribution in [1.29, 1.82) is 0 Å². The van der Waals surface area contributed by atoms with Crippen molar-refractivity contribution in [2.75, 3.05) is 7.11 Å². The van der Waals surface area contributed by atoms with Gasteiger partial charge in [0.15, 0.2) is 0 Å². The molecule has 0 bridgehead atoms. The molecule has 1 N–H and O–H groups in total. The molecular weight excluding hydrogens is 527 g/mol. The lowest BCUT2D eigenvalue weighted by atomic mass is 9.67. The van der Waals surface area contributed by atoms with Gasteiger partial charge in [0, 0.05) is 5.56 Å². The molecule has 4 heteroatoms. The fourth-order valence-corrected chi connectivity index (χ4v) is 7.07. The van der Waals surface area contributed by atoms with Crippen molar-refractivity contribution in [2.24, 2.45) is 11.3 Å². The van der Waals surface area contributed by atoms with Crippen LogP contribution in [0.1, 0.15) is 164 Å². The van der Waals surface area contributed by atoms with Crippen molar-refractivity contribution in [2.45, 2.75) is 170 Å². The third kappa shape index (κ3) is 9.73. The Morgan fingerprint density at radius 2 is 1.44 bits per heavy atom. The molecular formula is C39H67BO3. The molecule has 4 aliphatic carbocycles. The highest BCUT2D eigenvalue weighted by Gasteiger charge is 2.60. The maximum Gasteiger partial charge on any atom is 0.457 e. The second kappa shape index (κ2) is 16.7. The summed E-state index contributed by atoms with van der Waals surface area (Å²) >= 11 is 0. The summed E-state index contributed by atoms with van der Waals surface area (Å²) in [5, 5.41) is 10.9. The van der Waals surface area contributed by atoms with Crippen LogP contribution in [0.3, 0.4) is 0 Å². The summed E-state index contributed by atoms with van der Waals surface area (Å²) in [6.07, 6.45) is 16.4. The first-order valence-electron chi connectivity index (χ1n) is 17.8. The molecule has 2 unspecified atom stereocenters. The zero-order valence-corrected chi connectivity index (χ0v) is 30.3. The van der Waals surface area contributed by atoms with E-state index < -0.39 is 7.12 Å². The quantitative estimate of drug-likeness (QED) is 0.333. The molecule has 0 amide bonds. The Morgan fingerprint density at radius 3 is 2.00 bits per heavy atom. The Balaban J connectivity index is 0.000000733. The summed E-state index contributed by atoms with van der Waals surface area (Å²) in [6, 6.07) is 6.91. The standard InChI is InChI=1S/C31H45BO3.C4H10.2C2H6/c1-29(2)21-31(29,4)35-32(33)26-14-11-22-9-10-24(19-23(22)12-15-26)25-13-16-28(34-5)27(20-25)30(3)17-7-6-8-18-30;1-4(2)3;2*1-2/h13,16,19-20,26,33H,6-12,14-15,17-18,21H2,1-5H3;4H,1-3H3;2*1-2H3. The number of hydrogen-bond acceptors (Lipinski definition) is 3. The van der Waals surface area contributed by atoms with E-state index in [0.29, 0.717) is 0 Å². The van der Waals surface area contributed by atoms with Gasteiger partial charge in [-0.3, -0.25) is 0 Å². The van der Waals surface area contributed by atoms with E-state index in [-0.39, 0.29) is 22.2 Å². The minimum absolute atomic E-state index is 0.167. The van der Waals surface area contributed by atoms with Gasteiger partial charge < -0.3 is 14.4 Å². The summed E-state index contributed by atoms with van der Waals surface area (Å²) in [4.78, 5) is 0. The largest absolute Gasteiger partial charge is 0.496 e. The van der Waals surface area contributed by atoms with Gasteiger partial charge in [-0.15, -0.1) is 0 Å². The Morgan fingerprint density at radius 1 is 0.860 bits per heavy atom. The molecule has 0 heterocycles. The summed E-state index contributed by atoms with van der Waals surface area (Å²) in [6.45, 7) is 23.6. The number of benzene rings is 1. The smallest absolute Gasteiger partial charge is 0.457 e. The minimum atomic E-state index is -0.646. The van der Waals surface area contributed by atoms with E-state index in [1.54, 1.807) is 5.57 Å². The average molecular weight is 595 g/mol. The minimum Gasteiger partial charge on any atom is -0.496 e. The third-order valence-electron chi connectivity index (χ3n) is 10.1. The molecule has 3 nitrogen and oxygen atoms in total. The maximum atomic E-state index is 10.9. The second-order valence-electron chi connectivity index (χ2n) is 14.7. The van der Waals surface area contributed by atoms with Gasteiger partial charge in [0.25, 0.3) is 0 Å². The van der Waals surface area contributed by atoms with Crippen LogP contribution in [-0.2, 0) is 10.1 Å². The van der Waals surface area contributed by atoms with Gasteiger partial charge in [0.1, 0.15) is 5.75 Å². The van der Waals surface area contributed by atoms with E-state index in [9.17, 15) is 5.02 Å². The monoisotopic (exact) mass is 595 g/mol. The van der Waals surface area contributed by atoms with E-state index in [1.165, 1.54) is 54.4 Å². The van der Waals surface area contributed by atoms with E-state index in [4.69, 9.17) is 9.39 Å². The Hall–Kier alpha value is -1.52. The third-order valence-corrected chi connectivity index (χ3v) is 10.1. The molecule has 0 spiro atoms. The molecule has 4 aliphatic rings. The maximum absolute atomic E-state index is 10.9. The first-order chi connectivity index (χ1) is 20.4. The SMILES string of the molecule is CC.CC.CC(C)C.COc1ccc(C2=CC3=C(CC2)CCC(B(O)OC2(C)CC2(C)C)CC3)cc1C1(C)CCCCC1. The normalized spacial score (nSPS) is 25.3. The van der Waals surface area contributed by atoms with Crippen LogP contribution in [0.4, 0.5) is 0 Å². The van der Waals surface area contributed by atoms with Gasteiger partial charge in [-0.2, -0.15) is 0 Å². The highest BCUT2D eigenvalue weighted by Crippen LogP contribution is 2.58. The fourth-order valence-electron chi connectivity index (χ4n) is 7.07. The van der Waals surface area contributed by atoms with Gasteiger partial charge in [0.2, 0.25) is 0 Å². The molecule has 2 fully saturated rings. The Labute approximate surface area is 267 Å². The fraction of sp³-hybridized carbons (Fsp3) is 0.744. The van der Waals surface area contributed by atoms with Gasteiger partial charge in [-0.1, -0.05) is 106 Å². The summed E-state index contributed by atoms with van der Waals surface area (Å²) in [5.41, 5.74) is 7.59. The van der Waals surface area contributed by atoms with Gasteiger partial charge in [-0.05, 0) is 116 Å². The molecule has 1 aromatic rings. The molecule has 43 heavy (non-hydrogen) atoms. The van der Waals surface area contributed by atoms with Gasteiger partial charge in [0.05, 0.1) is 12.7 Å². The molecule has 5 rings (SSSR count). The van der Waals surface area contributed by atoms with Crippen LogP contribution in [0.15, 0.2) is 35.4 Å². The average Bonchev–Trinajstić information content (AvgIpc) is 3.58. The van der Waals surface area contributed by atoms with E-state index in [0.717, 1.165) is 56.6 Å². The van der Waals surface area contributed by atoms with Crippen LogP contribution in [0.25, 0.3) is 5.57 Å². The molecule has 1 aromatic carbocycles. The van der Waals surface area contributed by atoms with Crippen LogP contribution in [0.5, 0.6) is 5.75 Å². The molecule has 244 valence electrons. The number of rotatable bonds is 6. The van der Waals surface area contributed by atoms with Crippen LogP contribution >= 0.6 is 0 Å². The Kier molecular flexibility index (Phi) is 14.6. The molecule has 2 atom stereocenters. The van der Waals surface area contributed by atoms with Crippen molar-refractivity contribution in [1.82, 2.24) is 0 Å². The van der Waals surface area contributed by atoms with Crippen molar-refractivity contribution < 1.29 is 14.4 Å². The molecule has 0 aliphatic heterocycles. The van der Waals surface area contributed by atoms with Gasteiger partial charge >= 0.3 is 7.12 Å². The Bertz CT molecular complexity index is 1060. The van der Waals surface area contributed by atoms with Gasteiger partial charge in [-0.25, -0.2) is 0 Å². The van der Waals surface area contributed by atoms with Crippen LogP contribution < -0.4 is 4.74 Å². The molecule has 0 aromatic heterocycles. The number of methoxy groups -OCH3 is 1. The van der Waals surface area contributed by atoms with Crippen molar-refractivity contribution in [3.63, 3.8) is 0 Å². The predicted molar refractivity (Wildman–Crippen MR) is 189 cm³/mol. The number of hydrogen-bond donors (Lipinski definition) is 1. The molecule has 0 radical (unpaired) electrons. The second-order valence-corrected chi connectivity index (χ2v) is 14.7. The first kappa shape index (κ1) is 37.7. The van der Waals surface area contributed by atoms with Crippen LogP contribution in [-0.4, -0.2) is 24.9 Å². The number of allylic oxidation sites excluding steroid dienone is 4. The highest BCUT2D eigenvalue weighted by molar-refractivity contribution is 6.45. The van der Waals surface area contributed by atoms with E-state index >= 15 is 0 Å². The zero-order chi connectivity index (χ0) is 32.4. The lowest BCUT2D eigenvalue weighted by Gasteiger charge is -2.35. The number of ether oxygens (including phenoxy) is 1. The highest BCUT2D eigenvalue weighted by atomic mass is 16.5. The summed E-state index contributed by atoms with van der Waals surface area (Å²) in [5.74, 6) is 2.11. The van der Waals surface area contributed by atoms with Crippen molar-refractivity contribution in [3.05, 3.63) is 46.5 Å². The van der Waals surface area contributed by atoms with E-state index in [1.807, 2.05) is 34.8 Å². The first-order valence-corrected chi connectivity index (χ1v) is 17.8. The van der Waals surface area contributed by atoms with E-state index in [2.05, 4.69) is 72.7 Å². The predicted octanol–water partition coefficient (Wildman–Crippen LogP) is 11.7. The summed E-state index contributed by atoms with van der Waals surface area (Å²) < 4.78 is 12.0. The molecule has 2 saturated carbocycles. The zero-order valence-electron chi connectivity index (χ0n) is 30.3. The summed E-state index contributed by atoms with van der Waals surface area (Å²) in [7, 11) is 1.17.